The summed E-state index contributed by atoms with van der Waals surface area (Å²) in [5.74, 6) is -0.496. The van der Waals surface area contributed by atoms with Crippen LogP contribution in [0.2, 0.25) is 5.02 Å². The molecule has 0 aliphatic carbocycles. The van der Waals surface area contributed by atoms with Gasteiger partial charge in [0.25, 0.3) is 5.91 Å². The Labute approximate surface area is 117 Å². The van der Waals surface area contributed by atoms with Crippen molar-refractivity contribution in [2.75, 3.05) is 0 Å². The van der Waals surface area contributed by atoms with Crippen LogP contribution in [0, 0.1) is 0 Å². The van der Waals surface area contributed by atoms with Crippen LogP contribution in [0.3, 0.4) is 0 Å². The fourth-order valence-electron chi connectivity index (χ4n) is 1.54. The summed E-state index contributed by atoms with van der Waals surface area (Å²) >= 11 is 5.78. The molecule has 0 saturated heterocycles. The van der Waals surface area contributed by atoms with Crippen LogP contribution in [-0.2, 0) is 16.2 Å². The van der Waals surface area contributed by atoms with Crippen molar-refractivity contribution in [3.63, 3.8) is 0 Å². The van der Waals surface area contributed by atoms with Crippen LogP contribution in [0.15, 0.2) is 24.3 Å². The summed E-state index contributed by atoms with van der Waals surface area (Å²) in [6, 6.07) is 6.68. The average Bonchev–Trinajstić information content (AvgIpc) is 2.43. The van der Waals surface area contributed by atoms with Gasteiger partial charge in [-0.15, -0.1) is 0 Å². The average molecular weight is 287 g/mol. The van der Waals surface area contributed by atoms with E-state index in [1.807, 2.05) is 19.1 Å². The SMILES string of the molecule is CCCCC(NOCc1ccc(Cl)cc1)C(=O)NO. The zero-order valence-corrected chi connectivity index (χ0v) is 11.6. The Morgan fingerprint density at radius 2 is 2.11 bits per heavy atom. The minimum Gasteiger partial charge on any atom is -0.296 e. The Morgan fingerprint density at radius 3 is 2.68 bits per heavy atom. The lowest BCUT2D eigenvalue weighted by Crippen LogP contribution is -2.42. The lowest BCUT2D eigenvalue weighted by Gasteiger charge is -2.16. The number of halogens is 1. The molecule has 6 heteroatoms. The maximum atomic E-state index is 11.4. The molecule has 19 heavy (non-hydrogen) atoms. The first-order valence-electron chi connectivity index (χ1n) is 6.23. The molecule has 106 valence electrons. The molecule has 0 spiro atoms. The molecule has 1 aromatic carbocycles. The third-order valence-corrected chi connectivity index (χ3v) is 2.90. The first kappa shape index (κ1) is 15.9. The van der Waals surface area contributed by atoms with Gasteiger partial charge in [-0.3, -0.25) is 14.8 Å². The molecule has 0 radical (unpaired) electrons. The van der Waals surface area contributed by atoms with Crippen LogP contribution in [0.4, 0.5) is 0 Å². The highest BCUT2D eigenvalue weighted by Crippen LogP contribution is 2.10. The van der Waals surface area contributed by atoms with Gasteiger partial charge < -0.3 is 0 Å². The monoisotopic (exact) mass is 286 g/mol. The van der Waals surface area contributed by atoms with Gasteiger partial charge in [-0.2, -0.15) is 5.48 Å². The van der Waals surface area contributed by atoms with Gasteiger partial charge in [0.05, 0.1) is 6.61 Å². The van der Waals surface area contributed by atoms with E-state index in [9.17, 15) is 4.79 Å². The third-order valence-electron chi connectivity index (χ3n) is 2.65. The van der Waals surface area contributed by atoms with Crippen molar-refractivity contribution in [1.29, 1.82) is 0 Å². The van der Waals surface area contributed by atoms with Crippen LogP contribution in [0.1, 0.15) is 31.7 Å². The number of nitrogens with one attached hydrogen (secondary N) is 2. The van der Waals surface area contributed by atoms with E-state index < -0.39 is 11.9 Å². The first-order valence-corrected chi connectivity index (χ1v) is 6.61. The number of unbranched alkanes of at least 4 members (excludes halogenated alkanes) is 1. The molecule has 0 aliphatic heterocycles. The van der Waals surface area contributed by atoms with Crippen molar-refractivity contribution >= 4 is 17.5 Å². The van der Waals surface area contributed by atoms with Gasteiger partial charge in [0.2, 0.25) is 0 Å². The highest BCUT2D eigenvalue weighted by molar-refractivity contribution is 6.30. The van der Waals surface area contributed by atoms with E-state index >= 15 is 0 Å². The van der Waals surface area contributed by atoms with Crippen molar-refractivity contribution in [3.05, 3.63) is 34.9 Å². The zero-order valence-electron chi connectivity index (χ0n) is 10.9. The zero-order chi connectivity index (χ0) is 14.1. The summed E-state index contributed by atoms with van der Waals surface area (Å²) in [7, 11) is 0. The minimum absolute atomic E-state index is 0.318. The largest absolute Gasteiger partial charge is 0.296 e. The first-order chi connectivity index (χ1) is 9.17. The minimum atomic E-state index is -0.558. The molecular weight excluding hydrogens is 268 g/mol. The topological polar surface area (TPSA) is 70.6 Å². The number of rotatable bonds is 8. The van der Waals surface area contributed by atoms with Gasteiger partial charge in [-0.05, 0) is 24.1 Å². The molecule has 0 bridgehead atoms. The highest BCUT2D eigenvalue weighted by atomic mass is 35.5. The van der Waals surface area contributed by atoms with Crippen LogP contribution >= 0.6 is 11.6 Å². The number of carbonyl (C=O) groups excluding carboxylic acids is 1. The summed E-state index contributed by atoms with van der Waals surface area (Å²) < 4.78 is 0. The van der Waals surface area contributed by atoms with Crippen LogP contribution in [0.25, 0.3) is 0 Å². The van der Waals surface area contributed by atoms with Crippen molar-refractivity contribution in [2.24, 2.45) is 0 Å². The molecule has 1 amide bonds. The fourth-order valence-corrected chi connectivity index (χ4v) is 1.66. The lowest BCUT2D eigenvalue weighted by molar-refractivity contribution is -0.136. The standard InChI is InChI=1S/C13H19ClN2O3/c1-2-3-4-12(13(17)15-18)16-19-9-10-5-7-11(14)8-6-10/h5-8,12,16,18H,2-4,9H2,1H3,(H,15,17). The fraction of sp³-hybridized carbons (Fsp3) is 0.462. The normalized spacial score (nSPS) is 12.2. The van der Waals surface area contributed by atoms with E-state index in [4.69, 9.17) is 21.6 Å². The second-order valence-electron chi connectivity index (χ2n) is 4.20. The Bertz CT molecular complexity index is 384. The van der Waals surface area contributed by atoms with Crippen molar-refractivity contribution in [3.8, 4) is 0 Å². The van der Waals surface area contributed by atoms with E-state index in [0.29, 0.717) is 18.1 Å². The second kappa shape index (κ2) is 8.87. The lowest BCUT2D eigenvalue weighted by atomic mass is 10.1. The molecule has 0 fully saturated rings. The summed E-state index contributed by atoms with van der Waals surface area (Å²) in [4.78, 5) is 16.7. The van der Waals surface area contributed by atoms with Gasteiger partial charge in [-0.1, -0.05) is 43.5 Å². The number of benzene rings is 1. The third kappa shape index (κ3) is 6.02. The molecule has 1 unspecified atom stereocenters. The number of hydroxylamine groups is 2. The molecule has 0 aromatic heterocycles. The van der Waals surface area contributed by atoms with Crippen molar-refractivity contribution in [2.45, 2.75) is 38.8 Å². The predicted molar refractivity (Wildman–Crippen MR) is 72.6 cm³/mol. The van der Waals surface area contributed by atoms with Crippen molar-refractivity contribution < 1.29 is 14.8 Å². The maximum absolute atomic E-state index is 11.4. The molecule has 0 heterocycles. The molecule has 0 saturated carbocycles. The molecule has 1 rings (SSSR count). The van der Waals surface area contributed by atoms with Crippen LogP contribution < -0.4 is 11.0 Å². The van der Waals surface area contributed by atoms with E-state index in [1.54, 1.807) is 17.6 Å². The van der Waals surface area contributed by atoms with Crippen molar-refractivity contribution in [1.82, 2.24) is 11.0 Å². The molecule has 0 aliphatic rings. The summed E-state index contributed by atoms with van der Waals surface area (Å²) in [5.41, 5.74) is 5.23. The Balaban J connectivity index is 2.38. The van der Waals surface area contributed by atoms with E-state index in [0.717, 1.165) is 18.4 Å². The predicted octanol–water partition coefficient (Wildman–Crippen LogP) is 2.43. The molecule has 5 nitrogen and oxygen atoms in total. The number of hydrogen-bond acceptors (Lipinski definition) is 4. The highest BCUT2D eigenvalue weighted by Gasteiger charge is 2.17. The molecule has 3 N–H and O–H groups in total. The van der Waals surface area contributed by atoms with Gasteiger partial charge in [0, 0.05) is 5.02 Å². The van der Waals surface area contributed by atoms with E-state index in [-0.39, 0.29) is 0 Å². The van der Waals surface area contributed by atoms with Gasteiger partial charge in [-0.25, -0.2) is 5.48 Å². The smallest absolute Gasteiger partial charge is 0.262 e. The Kier molecular flexibility index (Phi) is 7.43. The maximum Gasteiger partial charge on any atom is 0.262 e. The molecular formula is C13H19ClN2O3. The van der Waals surface area contributed by atoms with Crippen LogP contribution in [-0.4, -0.2) is 17.2 Å². The second-order valence-corrected chi connectivity index (χ2v) is 4.64. The summed E-state index contributed by atoms with van der Waals surface area (Å²) in [5, 5.41) is 9.31. The summed E-state index contributed by atoms with van der Waals surface area (Å²) in [6.07, 6.45) is 2.44. The Morgan fingerprint density at radius 1 is 1.42 bits per heavy atom. The molecule has 1 aromatic rings. The molecule has 1 atom stereocenters. The Hall–Kier alpha value is -1.14. The van der Waals surface area contributed by atoms with Gasteiger partial charge in [0.15, 0.2) is 0 Å². The number of hydrogen-bond donors (Lipinski definition) is 3. The van der Waals surface area contributed by atoms with Gasteiger partial charge >= 0.3 is 0 Å². The number of carbonyl (C=O) groups is 1. The number of amides is 1. The van der Waals surface area contributed by atoms with E-state index in [2.05, 4.69) is 5.48 Å². The quantitative estimate of drug-likeness (QED) is 0.507. The van der Waals surface area contributed by atoms with Crippen LogP contribution in [0.5, 0.6) is 0 Å². The van der Waals surface area contributed by atoms with Gasteiger partial charge in [0.1, 0.15) is 6.04 Å². The summed E-state index contributed by atoms with van der Waals surface area (Å²) in [6.45, 7) is 2.35. The van der Waals surface area contributed by atoms with E-state index in [1.165, 1.54) is 0 Å².